The highest BCUT2D eigenvalue weighted by Crippen LogP contribution is 2.58. The molecule has 4 aliphatic rings. The van der Waals surface area contributed by atoms with Gasteiger partial charge in [-0.1, -0.05) is 18.2 Å². The molecule has 31 heavy (non-hydrogen) atoms. The van der Waals surface area contributed by atoms with Crippen LogP contribution in [-0.4, -0.2) is 39.2 Å². The van der Waals surface area contributed by atoms with Crippen molar-refractivity contribution in [1.29, 1.82) is 0 Å². The molecule has 1 aromatic heterocycles. The summed E-state index contributed by atoms with van der Waals surface area (Å²) >= 11 is 0. The second kappa shape index (κ2) is 6.42. The van der Waals surface area contributed by atoms with Crippen molar-refractivity contribution in [3.63, 3.8) is 0 Å². The lowest BCUT2D eigenvalue weighted by molar-refractivity contribution is 0.102. The highest BCUT2D eigenvalue weighted by Gasteiger charge is 2.57. The largest absolute Gasteiger partial charge is 0.321 e. The zero-order valence-corrected chi connectivity index (χ0v) is 17.8. The highest BCUT2D eigenvalue weighted by molar-refractivity contribution is 6.24. The van der Waals surface area contributed by atoms with Crippen molar-refractivity contribution in [2.75, 3.05) is 18.4 Å². The van der Waals surface area contributed by atoms with Gasteiger partial charge in [0.15, 0.2) is 0 Å². The van der Waals surface area contributed by atoms with Crippen LogP contribution in [0.4, 0.5) is 5.69 Å². The van der Waals surface area contributed by atoms with E-state index in [0.29, 0.717) is 11.6 Å². The summed E-state index contributed by atoms with van der Waals surface area (Å²) in [6.45, 7) is 2.46. The van der Waals surface area contributed by atoms with Gasteiger partial charge >= 0.3 is 0 Å². The van der Waals surface area contributed by atoms with E-state index in [9.17, 15) is 4.79 Å². The van der Waals surface area contributed by atoms with E-state index in [-0.39, 0.29) is 5.91 Å². The number of aromatic nitrogens is 2. The molecule has 3 fully saturated rings. The first-order valence-corrected chi connectivity index (χ1v) is 11.9. The molecular formula is C26H28N4O. The molecule has 3 heterocycles. The van der Waals surface area contributed by atoms with Crippen molar-refractivity contribution < 1.29 is 4.79 Å². The Balaban J connectivity index is 1.09. The standard InChI is InChI=1S/C26H28N4O/c31-25-22-3-1-2-21-18(4-7-23(28-25)24(21)22)14-17-15-27-30(16-17)20-8-12-29(13-9-20)26(10-11-26)19-5-6-19/h1-4,7,15-16,19-20H,5-6,8-14H2,(H,28,31). The molecule has 5 nitrogen and oxygen atoms in total. The van der Waals surface area contributed by atoms with Gasteiger partial charge in [0.1, 0.15) is 0 Å². The first kappa shape index (κ1) is 18.0. The number of nitrogens with one attached hydrogen (secondary N) is 1. The predicted octanol–water partition coefficient (Wildman–Crippen LogP) is 4.77. The zero-order chi connectivity index (χ0) is 20.6. The monoisotopic (exact) mass is 412 g/mol. The number of hydrogen-bond donors (Lipinski definition) is 1. The average Bonchev–Trinajstić information content (AvgIpc) is 3.71. The predicted molar refractivity (Wildman–Crippen MR) is 121 cm³/mol. The van der Waals surface area contributed by atoms with Gasteiger partial charge in [-0.3, -0.25) is 14.4 Å². The molecule has 0 spiro atoms. The van der Waals surface area contributed by atoms with Crippen LogP contribution in [-0.2, 0) is 6.42 Å². The Morgan fingerprint density at radius 1 is 1.06 bits per heavy atom. The van der Waals surface area contributed by atoms with Crippen LogP contribution in [0.5, 0.6) is 0 Å². The fraction of sp³-hybridized carbons (Fsp3) is 0.462. The van der Waals surface area contributed by atoms with Gasteiger partial charge < -0.3 is 5.32 Å². The molecule has 5 heteroatoms. The molecular weight excluding hydrogens is 384 g/mol. The Bertz CT molecular complexity index is 1200. The number of nitrogens with zero attached hydrogens (tertiary/aromatic N) is 3. The second-order valence-corrected chi connectivity index (χ2v) is 10.1. The maximum Gasteiger partial charge on any atom is 0.256 e. The minimum Gasteiger partial charge on any atom is -0.321 e. The Kier molecular flexibility index (Phi) is 3.72. The molecule has 1 saturated heterocycles. The first-order valence-electron chi connectivity index (χ1n) is 11.9. The summed E-state index contributed by atoms with van der Waals surface area (Å²) in [7, 11) is 0. The summed E-state index contributed by atoms with van der Waals surface area (Å²) in [5.74, 6) is 1.01. The van der Waals surface area contributed by atoms with E-state index in [1.165, 1.54) is 68.1 Å². The van der Waals surface area contributed by atoms with Crippen molar-refractivity contribution in [2.24, 2.45) is 5.92 Å². The lowest BCUT2D eigenvalue weighted by Crippen LogP contribution is -2.44. The van der Waals surface area contributed by atoms with Gasteiger partial charge in [0, 0.05) is 47.9 Å². The Morgan fingerprint density at radius 3 is 2.68 bits per heavy atom. The molecule has 0 unspecified atom stereocenters. The molecule has 158 valence electrons. The van der Waals surface area contributed by atoms with E-state index in [2.05, 4.69) is 33.2 Å². The maximum absolute atomic E-state index is 12.2. The molecule has 0 radical (unpaired) electrons. The molecule has 2 aromatic carbocycles. The summed E-state index contributed by atoms with van der Waals surface area (Å²) in [6, 6.07) is 10.7. The molecule has 2 aliphatic carbocycles. The number of amides is 1. The van der Waals surface area contributed by atoms with Crippen LogP contribution in [0.25, 0.3) is 10.8 Å². The van der Waals surface area contributed by atoms with E-state index >= 15 is 0 Å². The van der Waals surface area contributed by atoms with E-state index in [0.717, 1.165) is 29.0 Å². The van der Waals surface area contributed by atoms with E-state index in [1.54, 1.807) is 0 Å². The quantitative estimate of drug-likeness (QED) is 0.657. The Hall–Kier alpha value is -2.66. The third kappa shape index (κ3) is 2.79. The number of carbonyl (C=O) groups excluding carboxylic acids is 1. The van der Waals surface area contributed by atoms with Crippen LogP contribution < -0.4 is 5.32 Å². The zero-order valence-electron chi connectivity index (χ0n) is 17.8. The number of piperidine rings is 1. The van der Waals surface area contributed by atoms with Gasteiger partial charge in [0.05, 0.1) is 12.2 Å². The normalized spacial score (nSPS) is 22.8. The number of rotatable bonds is 5. The van der Waals surface area contributed by atoms with Crippen LogP contribution in [0, 0.1) is 5.92 Å². The smallest absolute Gasteiger partial charge is 0.256 e. The summed E-state index contributed by atoms with van der Waals surface area (Å²) < 4.78 is 2.22. The molecule has 1 N–H and O–H groups in total. The molecule has 1 amide bonds. The van der Waals surface area contributed by atoms with Gasteiger partial charge in [-0.15, -0.1) is 0 Å². The maximum atomic E-state index is 12.2. The van der Waals surface area contributed by atoms with Crippen molar-refractivity contribution in [3.8, 4) is 0 Å². The van der Waals surface area contributed by atoms with Crippen LogP contribution >= 0.6 is 0 Å². The van der Waals surface area contributed by atoms with Crippen LogP contribution in [0.15, 0.2) is 42.7 Å². The van der Waals surface area contributed by atoms with Crippen LogP contribution in [0.1, 0.15) is 66.1 Å². The lowest BCUT2D eigenvalue weighted by Gasteiger charge is -2.38. The topological polar surface area (TPSA) is 50.2 Å². The van der Waals surface area contributed by atoms with Crippen LogP contribution in [0.2, 0.25) is 0 Å². The fourth-order valence-corrected chi connectivity index (χ4v) is 6.30. The number of benzene rings is 2. The van der Waals surface area contributed by atoms with E-state index in [1.807, 2.05) is 24.4 Å². The van der Waals surface area contributed by atoms with Crippen molar-refractivity contribution in [3.05, 3.63) is 59.4 Å². The number of hydrogen-bond acceptors (Lipinski definition) is 3. The molecule has 0 atom stereocenters. The van der Waals surface area contributed by atoms with Crippen LogP contribution in [0.3, 0.4) is 0 Å². The minimum atomic E-state index is 0.00609. The number of likely N-dealkylation sites (tertiary alicyclic amines) is 1. The third-order valence-corrected chi connectivity index (χ3v) is 8.24. The van der Waals surface area contributed by atoms with Gasteiger partial charge in [-0.05, 0) is 73.1 Å². The first-order chi connectivity index (χ1) is 15.2. The third-order valence-electron chi connectivity index (χ3n) is 8.24. The SMILES string of the molecule is O=C1Nc2ccc(Cc3cnn(C4CCN(C5(C6CC6)CC5)CC4)c3)c3cccc1c23. The van der Waals surface area contributed by atoms with Gasteiger partial charge in [0.2, 0.25) is 0 Å². The molecule has 2 aliphatic heterocycles. The summed E-state index contributed by atoms with van der Waals surface area (Å²) in [5.41, 5.74) is 4.83. The highest BCUT2D eigenvalue weighted by atomic mass is 16.1. The van der Waals surface area contributed by atoms with Gasteiger partial charge in [-0.25, -0.2) is 0 Å². The lowest BCUT2D eigenvalue weighted by atomic mass is 9.97. The molecule has 0 bridgehead atoms. The van der Waals surface area contributed by atoms with Gasteiger partial charge in [0.25, 0.3) is 5.91 Å². The molecule has 3 aromatic rings. The summed E-state index contributed by atoms with van der Waals surface area (Å²) in [5, 5.41) is 9.97. The minimum absolute atomic E-state index is 0.00609. The average molecular weight is 413 g/mol. The Morgan fingerprint density at radius 2 is 1.90 bits per heavy atom. The van der Waals surface area contributed by atoms with E-state index in [4.69, 9.17) is 5.10 Å². The molecule has 7 rings (SSSR count). The summed E-state index contributed by atoms with van der Waals surface area (Å²) in [4.78, 5) is 15.0. The number of anilines is 1. The van der Waals surface area contributed by atoms with Crippen molar-refractivity contribution >= 4 is 22.4 Å². The Labute approximate surface area is 182 Å². The summed E-state index contributed by atoms with van der Waals surface area (Å²) in [6.07, 6.45) is 13.3. The fourth-order valence-electron chi connectivity index (χ4n) is 6.30. The number of carbonyl (C=O) groups is 1. The van der Waals surface area contributed by atoms with Gasteiger partial charge in [-0.2, -0.15) is 5.10 Å². The van der Waals surface area contributed by atoms with E-state index < -0.39 is 0 Å². The second-order valence-electron chi connectivity index (χ2n) is 10.1. The van der Waals surface area contributed by atoms with Crippen molar-refractivity contribution in [2.45, 2.75) is 56.5 Å². The van der Waals surface area contributed by atoms with Crippen molar-refractivity contribution in [1.82, 2.24) is 14.7 Å². The molecule has 2 saturated carbocycles.